The number of hydrogen-bond donors (Lipinski definition) is 0. The third-order valence-corrected chi connectivity index (χ3v) is 4.54. The molecule has 0 radical (unpaired) electrons. The van der Waals surface area contributed by atoms with Gasteiger partial charge in [-0.3, -0.25) is 14.8 Å². The van der Waals surface area contributed by atoms with Crippen LogP contribution in [0.2, 0.25) is 0 Å². The van der Waals surface area contributed by atoms with Gasteiger partial charge >= 0.3 is 0 Å². The van der Waals surface area contributed by atoms with Crippen molar-refractivity contribution in [2.45, 2.75) is 18.9 Å². The number of aromatic nitrogens is 5. The zero-order valence-electron chi connectivity index (χ0n) is 13.7. The first-order valence-corrected chi connectivity index (χ1v) is 8.26. The Morgan fingerprint density at radius 2 is 2.04 bits per heavy atom. The first kappa shape index (κ1) is 15.4. The number of nitrogens with zero attached hydrogens (tertiary/aromatic N) is 6. The molecule has 4 heterocycles. The molecule has 7 nitrogen and oxygen atoms in total. The molecule has 126 valence electrons. The molecule has 0 bridgehead atoms. The van der Waals surface area contributed by atoms with E-state index in [1.165, 1.54) is 11.9 Å². The summed E-state index contributed by atoms with van der Waals surface area (Å²) in [7, 11) is 0. The zero-order chi connectivity index (χ0) is 17.1. The Labute approximate surface area is 145 Å². The third kappa shape index (κ3) is 3.40. The van der Waals surface area contributed by atoms with Crippen LogP contribution in [0, 0.1) is 0 Å². The molecule has 4 rings (SSSR count). The van der Waals surface area contributed by atoms with Gasteiger partial charge in [0.25, 0.3) is 0 Å². The summed E-state index contributed by atoms with van der Waals surface area (Å²) in [6.07, 6.45) is 9.34. The highest BCUT2D eigenvalue weighted by molar-refractivity contribution is 5.76. The standard InChI is InChI=1S/C18H18N6O/c25-18(11-24-13-20-12-22-24)23-8-4-16(10-23)15-3-7-21-17(9-15)14-1-5-19-6-2-14/h1-3,5-7,9,12-13,16H,4,8,10-11H2/t16-/m1/s1. The first-order chi connectivity index (χ1) is 12.3. The Morgan fingerprint density at radius 3 is 2.84 bits per heavy atom. The minimum Gasteiger partial charge on any atom is -0.340 e. The molecule has 1 saturated heterocycles. The van der Waals surface area contributed by atoms with Gasteiger partial charge < -0.3 is 4.90 Å². The normalized spacial score (nSPS) is 17.0. The van der Waals surface area contributed by atoms with Crippen molar-refractivity contribution in [3.05, 3.63) is 61.1 Å². The molecule has 3 aromatic rings. The summed E-state index contributed by atoms with van der Waals surface area (Å²) in [5.74, 6) is 0.416. The van der Waals surface area contributed by atoms with Crippen LogP contribution in [0.3, 0.4) is 0 Å². The van der Waals surface area contributed by atoms with Crippen LogP contribution in [0.15, 0.2) is 55.5 Å². The molecule has 1 atom stereocenters. The van der Waals surface area contributed by atoms with Crippen LogP contribution >= 0.6 is 0 Å². The van der Waals surface area contributed by atoms with E-state index in [2.05, 4.69) is 26.1 Å². The van der Waals surface area contributed by atoms with Crippen LogP contribution in [0.1, 0.15) is 17.9 Å². The summed E-state index contributed by atoms with van der Waals surface area (Å²) in [4.78, 5) is 26.7. The largest absolute Gasteiger partial charge is 0.340 e. The Bertz CT molecular complexity index is 849. The van der Waals surface area contributed by atoms with Gasteiger partial charge in [-0.1, -0.05) is 0 Å². The summed E-state index contributed by atoms with van der Waals surface area (Å²) in [5, 5.41) is 3.99. The number of likely N-dealkylation sites (tertiary alicyclic amines) is 1. The van der Waals surface area contributed by atoms with Crippen LogP contribution in [0.25, 0.3) is 11.3 Å². The van der Waals surface area contributed by atoms with Gasteiger partial charge in [-0.05, 0) is 36.2 Å². The fourth-order valence-electron chi connectivity index (χ4n) is 3.19. The Morgan fingerprint density at radius 1 is 1.16 bits per heavy atom. The molecule has 7 heteroatoms. The Kier molecular flexibility index (Phi) is 4.20. The van der Waals surface area contributed by atoms with Gasteiger partial charge in [0.1, 0.15) is 19.2 Å². The number of carbonyl (C=O) groups is 1. The quantitative estimate of drug-likeness (QED) is 0.726. The van der Waals surface area contributed by atoms with E-state index in [1.54, 1.807) is 23.4 Å². The summed E-state index contributed by atoms with van der Waals surface area (Å²) >= 11 is 0. The Hall–Kier alpha value is -3.09. The number of pyridine rings is 2. The molecule has 25 heavy (non-hydrogen) atoms. The van der Waals surface area contributed by atoms with Gasteiger partial charge in [0.15, 0.2) is 0 Å². The third-order valence-electron chi connectivity index (χ3n) is 4.54. The average molecular weight is 334 g/mol. The molecule has 1 aliphatic rings. The molecule has 3 aromatic heterocycles. The van der Waals surface area contributed by atoms with Crippen molar-refractivity contribution in [3.8, 4) is 11.3 Å². The van der Waals surface area contributed by atoms with Crippen LogP contribution in [0.5, 0.6) is 0 Å². The van der Waals surface area contributed by atoms with Gasteiger partial charge in [-0.2, -0.15) is 5.10 Å². The number of amides is 1. The summed E-state index contributed by atoms with van der Waals surface area (Å²) in [6, 6.07) is 8.07. The van der Waals surface area contributed by atoms with Gasteiger partial charge in [-0.15, -0.1) is 0 Å². The second-order valence-electron chi connectivity index (χ2n) is 6.13. The van der Waals surface area contributed by atoms with E-state index in [0.717, 1.165) is 30.8 Å². The molecule has 1 aliphatic heterocycles. The van der Waals surface area contributed by atoms with E-state index in [0.29, 0.717) is 5.92 Å². The number of hydrogen-bond acceptors (Lipinski definition) is 5. The highest BCUT2D eigenvalue weighted by atomic mass is 16.2. The van der Waals surface area contributed by atoms with Gasteiger partial charge in [0.05, 0.1) is 5.69 Å². The Balaban J connectivity index is 1.46. The van der Waals surface area contributed by atoms with Crippen molar-refractivity contribution in [2.75, 3.05) is 13.1 Å². The SMILES string of the molecule is O=C(Cn1cncn1)N1CC[C@@H](c2ccnc(-c3ccncc3)c2)C1. The van der Waals surface area contributed by atoms with E-state index in [-0.39, 0.29) is 12.5 Å². The molecule has 1 fully saturated rings. The van der Waals surface area contributed by atoms with Crippen LogP contribution < -0.4 is 0 Å². The zero-order valence-corrected chi connectivity index (χ0v) is 13.7. The number of carbonyl (C=O) groups excluding carboxylic acids is 1. The van der Waals surface area contributed by atoms with E-state index in [9.17, 15) is 4.79 Å². The minimum absolute atomic E-state index is 0.0800. The molecule has 1 amide bonds. The molecular weight excluding hydrogens is 316 g/mol. The fraction of sp³-hybridized carbons (Fsp3) is 0.278. The van der Waals surface area contributed by atoms with E-state index < -0.39 is 0 Å². The summed E-state index contributed by atoms with van der Waals surface area (Å²) < 4.78 is 1.56. The van der Waals surface area contributed by atoms with Crippen LogP contribution in [-0.2, 0) is 11.3 Å². The van der Waals surface area contributed by atoms with Crippen molar-refractivity contribution in [1.29, 1.82) is 0 Å². The van der Waals surface area contributed by atoms with Gasteiger partial charge in [-0.25, -0.2) is 9.67 Å². The predicted octanol–water partition coefficient (Wildman–Crippen LogP) is 1.75. The molecule has 0 aliphatic carbocycles. The number of rotatable bonds is 4. The van der Waals surface area contributed by atoms with Crippen LogP contribution in [0.4, 0.5) is 0 Å². The maximum absolute atomic E-state index is 12.4. The molecule has 0 saturated carbocycles. The lowest BCUT2D eigenvalue weighted by atomic mass is 9.98. The van der Waals surface area contributed by atoms with Crippen molar-refractivity contribution in [1.82, 2.24) is 29.6 Å². The summed E-state index contributed by atoms with van der Waals surface area (Å²) in [6.45, 7) is 1.74. The van der Waals surface area contributed by atoms with Crippen molar-refractivity contribution < 1.29 is 4.79 Å². The smallest absolute Gasteiger partial charge is 0.244 e. The average Bonchev–Trinajstić information content (AvgIpc) is 3.34. The van der Waals surface area contributed by atoms with Gasteiger partial charge in [0, 0.05) is 43.2 Å². The highest BCUT2D eigenvalue weighted by Gasteiger charge is 2.27. The van der Waals surface area contributed by atoms with Crippen LogP contribution in [-0.4, -0.2) is 48.6 Å². The lowest BCUT2D eigenvalue weighted by molar-refractivity contribution is -0.131. The second-order valence-corrected chi connectivity index (χ2v) is 6.13. The van der Waals surface area contributed by atoms with Crippen molar-refractivity contribution >= 4 is 5.91 Å². The predicted molar refractivity (Wildman–Crippen MR) is 91.4 cm³/mol. The summed E-state index contributed by atoms with van der Waals surface area (Å²) in [5.41, 5.74) is 3.21. The molecule has 0 spiro atoms. The first-order valence-electron chi connectivity index (χ1n) is 8.26. The lowest BCUT2D eigenvalue weighted by Gasteiger charge is -2.17. The lowest BCUT2D eigenvalue weighted by Crippen LogP contribution is -2.31. The maximum Gasteiger partial charge on any atom is 0.244 e. The molecule has 0 aromatic carbocycles. The van der Waals surface area contributed by atoms with Crippen molar-refractivity contribution in [2.24, 2.45) is 0 Å². The highest BCUT2D eigenvalue weighted by Crippen LogP contribution is 2.29. The van der Waals surface area contributed by atoms with E-state index in [4.69, 9.17) is 0 Å². The van der Waals surface area contributed by atoms with E-state index in [1.807, 2.05) is 29.3 Å². The van der Waals surface area contributed by atoms with Crippen molar-refractivity contribution in [3.63, 3.8) is 0 Å². The monoisotopic (exact) mass is 334 g/mol. The fourth-order valence-corrected chi connectivity index (χ4v) is 3.19. The molecule has 0 unspecified atom stereocenters. The maximum atomic E-state index is 12.4. The van der Waals surface area contributed by atoms with Gasteiger partial charge in [0.2, 0.25) is 5.91 Å². The molecular formula is C18H18N6O. The van der Waals surface area contributed by atoms with E-state index >= 15 is 0 Å². The topological polar surface area (TPSA) is 76.8 Å². The second kappa shape index (κ2) is 6.80. The molecule has 0 N–H and O–H groups in total. The minimum atomic E-state index is 0.0800.